The Balaban J connectivity index is 2.41. The summed E-state index contributed by atoms with van der Waals surface area (Å²) in [6.07, 6.45) is 5.77. The van der Waals surface area contributed by atoms with E-state index in [0.29, 0.717) is 0 Å². The van der Waals surface area contributed by atoms with Crippen LogP contribution < -0.4 is 0 Å². The standard InChI is InChI=1S/C15H20O2/c1-2-12-7-6-8-13(11-12)15(14(16)17)9-4-3-5-10-15/h6-8,11H,2-5,9-10H2,1H3,(H,16,17). The van der Waals surface area contributed by atoms with E-state index >= 15 is 0 Å². The lowest BCUT2D eigenvalue weighted by atomic mass is 9.69. The van der Waals surface area contributed by atoms with Crippen molar-refractivity contribution in [2.45, 2.75) is 50.9 Å². The third-order valence-electron chi connectivity index (χ3n) is 4.00. The van der Waals surface area contributed by atoms with Crippen LogP contribution in [0.15, 0.2) is 24.3 Å². The zero-order valence-electron chi connectivity index (χ0n) is 10.4. The van der Waals surface area contributed by atoms with Gasteiger partial charge in [-0.2, -0.15) is 0 Å². The molecule has 2 nitrogen and oxygen atoms in total. The van der Waals surface area contributed by atoms with Crippen LogP contribution in [0.3, 0.4) is 0 Å². The first-order valence-corrected chi connectivity index (χ1v) is 6.52. The van der Waals surface area contributed by atoms with Crippen molar-refractivity contribution in [3.63, 3.8) is 0 Å². The van der Waals surface area contributed by atoms with Crippen LogP contribution in [-0.2, 0) is 16.6 Å². The molecular weight excluding hydrogens is 212 g/mol. The third kappa shape index (κ3) is 2.21. The number of hydrogen-bond acceptors (Lipinski definition) is 1. The molecule has 1 aromatic rings. The zero-order valence-corrected chi connectivity index (χ0v) is 10.4. The van der Waals surface area contributed by atoms with Gasteiger partial charge in [-0.1, -0.05) is 50.5 Å². The topological polar surface area (TPSA) is 37.3 Å². The Morgan fingerprint density at radius 2 is 2.00 bits per heavy atom. The van der Waals surface area contributed by atoms with E-state index in [0.717, 1.165) is 37.7 Å². The van der Waals surface area contributed by atoms with Gasteiger partial charge in [-0.15, -0.1) is 0 Å². The first kappa shape index (κ1) is 12.2. The fourth-order valence-corrected chi connectivity index (χ4v) is 2.87. The molecule has 1 fully saturated rings. The van der Waals surface area contributed by atoms with Crippen LogP contribution in [0.2, 0.25) is 0 Å². The molecule has 0 aliphatic heterocycles. The van der Waals surface area contributed by atoms with Crippen LogP contribution in [0.25, 0.3) is 0 Å². The van der Waals surface area contributed by atoms with E-state index in [1.807, 2.05) is 12.1 Å². The smallest absolute Gasteiger partial charge is 0.314 e. The fourth-order valence-electron chi connectivity index (χ4n) is 2.87. The summed E-state index contributed by atoms with van der Waals surface area (Å²) in [7, 11) is 0. The summed E-state index contributed by atoms with van der Waals surface area (Å²) in [6, 6.07) is 8.13. The Morgan fingerprint density at radius 3 is 2.59 bits per heavy atom. The van der Waals surface area contributed by atoms with Crippen molar-refractivity contribution in [3.8, 4) is 0 Å². The van der Waals surface area contributed by atoms with Crippen LogP contribution >= 0.6 is 0 Å². The number of aryl methyl sites for hydroxylation is 1. The summed E-state index contributed by atoms with van der Waals surface area (Å²) in [4.78, 5) is 11.7. The Bertz CT molecular complexity index is 403. The Kier molecular flexibility index (Phi) is 3.51. The Labute approximate surface area is 103 Å². The second-order valence-electron chi connectivity index (χ2n) is 5.00. The van der Waals surface area contributed by atoms with E-state index in [1.54, 1.807) is 0 Å². The minimum atomic E-state index is -0.648. The predicted octanol–water partition coefficient (Wildman–Crippen LogP) is 3.54. The van der Waals surface area contributed by atoms with E-state index in [4.69, 9.17) is 0 Å². The molecular formula is C15H20O2. The van der Waals surface area contributed by atoms with E-state index in [1.165, 1.54) is 12.0 Å². The molecule has 92 valence electrons. The SMILES string of the molecule is CCc1cccc(C2(C(=O)O)CCCCC2)c1. The molecule has 0 unspecified atom stereocenters. The van der Waals surface area contributed by atoms with Crippen LogP contribution in [0.4, 0.5) is 0 Å². The summed E-state index contributed by atoms with van der Waals surface area (Å²) >= 11 is 0. The highest BCUT2D eigenvalue weighted by molar-refractivity contribution is 5.81. The summed E-state index contributed by atoms with van der Waals surface area (Å²) in [5, 5.41) is 9.61. The molecule has 2 heteroatoms. The quantitative estimate of drug-likeness (QED) is 0.865. The van der Waals surface area contributed by atoms with Crippen molar-refractivity contribution in [1.82, 2.24) is 0 Å². The normalized spacial score (nSPS) is 18.9. The van der Waals surface area contributed by atoms with E-state index in [9.17, 15) is 9.90 Å². The van der Waals surface area contributed by atoms with Gasteiger partial charge in [0.15, 0.2) is 0 Å². The van der Waals surface area contributed by atoms with Crippen molar-refractivity contribution >= 4 is 5.97 Å². The molecule has 1 aromatic carbocycles. The van der Waals surface area contributed by atoms with Gasteiger partial charge >= 0.3 is 5.97 Å². The molecule has 1 aliphatic carbocycles. The van der Waals surface area contributed by atoms with Gasteiger partial charge in [0.2, 0.25) is 0 Å². The summed E-state index contributed by atoms with van der Waals surface area (Å²) < 4.78 is 0. The highest BCUT2D eigenvalue weighted by Crippen LogP contribution is 2.40. The molecule has 0 heterocycles. The van der Waals surface area contributed by atoms with Crippen LogP contribution in [0.5, 0.6) is 0 Å². The maximum atomic E-state index is 11.7. The lowest BCUT2D eigenvalue weighted by Gasteiger charge is -2.33. The van der Waals surface area contributed by atoms with Gasteiger partial charge in [0.1, 0.15) is 0 Å². The van der Waals surface area contributed by atoms with Gasteiger partial charge in [0, 0.05) is 0 Å². The molecule has 1 aliphatic rings. The number of carboxylic acid groups (broad SMARTS) is 1. The Hall–Kier alpha value is -1.31. The average Bonchev–Trinajstić information content (AvgIpc) is 2.39. The van der Waals surface area contributed by atoms with E-state index < -0.39 is 11.4 Å². The highest BCUT2D eigenvalue weighted by atomic mass is 16.4. The van der Waals surface area contributed by atoms with Gasteiger partial charge < -0.3 is 5.11 Å². The highest BCUT2D eigenvalue weighted by Gasteiger charge is 2.41. The molecule has 1 N–H and O–H groups in total. The van der Waals surface area contributed by atoms with Crippen molar-refractivity contribution < 1.29 is 9.90 Å². The van der Waals surface area contributed by atoms with Crippen molar-refractivity contribution in [1.29, 1.82) is 0 Å². The van der Waals surface area contributed by atoms with Gasteiger partial charge in [0.05, 0.1) is 5.41 Å². The minimum absolute atomic E-state index is 0.622. The molecule has 2 rings (SSSR count). The number of hydrogen-bond donors (Lipinski definition) is 1. The predicted molar refractivity (Wildman–Crippen MR) is 68.2 cm³/mol. The first-order chi connectivity index (χ1) is 8.19. The van der Waals surface area contributed by atoms with E-state index in [2.05, 4.69) is 19.1 Å². The van der Waals surface area contributed by atoms with Gasteiger partial charge in [-0.05, 0) is 30.4 Å². The van der Waals surface area contributed by atoms with Crippen molar-refractivity contribution in [2.24, 2.45) is 0 Å². The largest absolute Gasteiger partial charge is 0.481 e. The number of rotatable bonds is 3. The van der Waals surface area contributed by atoms with Crippen LogP contribution in [-0.4, -0.2) is 11.1 Å². The number of aliphatic carboxylic acids is 1. The molecule has 0 amide bonds. The lowest BCUT2D eigenvalue weighted by molar-refractivity contribution is -0.145. The summed E-state index contributed by atoms with van der Waals surface area (Å²) in [5.74, 6) is -0.648. The van der Waals surface area contributed by atoms with Crippen LogP contribution in [0, 0.1) is 0 Å². The van der Waals surface area contributed by atoms with Gasteiger partial charge in [-0.3, -0.25) is 4.79 Å². The van der Waals surface area contributed by atoms with Gasteiger partial charge in [-0.25, -0.2) is 0 Å². The number of benzene rings is 1. The first-order valence-electron chi connectivity index (χ1n) is 6.52. The van der Waals surface area contributed by atoms with Crippen LogP contribution in [0.1, 0.15) is 50.2 Å². The second kappa shape index (κ2) is 4.91. The van der Waals surface area contributed by atoms with Gasteiger partial charge in [0.25, 0.3) is 0 Å². The maximum absolute atomic E-state index is 11.7. The molecule has 0 bridgehead atoms. The molecule has 0 radical (unpaired) electrons. The number of carbonyl (C=O) groups is 1. The second-order valence-corrected chi connectivity index (χ2v) is 5.00. The molecule has 0 aromatic heterocycles. The summed E-state index contributed by atoms with van der Waals surface area (Å²) in [6.45, 7) is 2.10. The third-order valence-corrected chi connectivity index (χ3v) is 4.00. The monoisotopic (exact) mass is 232 g/mol. The fraction of sp³-hybridized carbons (Fsp3) is 0.533. The van der Waals surface area contributed by atoms with E-state index in [-0.39, 0.29) is 0 Å². The minimum Gasteiger partial charge on any atom is -0.481 e. The molecule has 17 heavy (non-hydrogen) atoms. The Morgan fingerprint density at radius 1 is 1.29 bits per heavy atom. The lowest BCUT2D eigenvalue weighted by Crippen LogP contribution is -2.37. The molecule has 0 atom stereocenters. The zero-order chi connectivity index (χ0) is 12.3. The van der Waals surface area contributed by atoms with Crippen molar-refractivity contribution in [3.05, 3.63) is 35.4 Å². The average molecular weight is 232 g/mol. The number of carboxylic acids is 1. The summed E-state index contributed by atoms with van der Waals surface area (Å²) in [5.41, 5.74) is 1.61. The van der Waals surface area contributed by atoms with Crippen molar-refractivity contribution in [2.75, 3.05) is 0 Å². The molecule has 1 saturated carbocycles. The maximum Gasteiger partial charge on any atom is 0.314 e. The molecule has 0 saturated heterocycles. The molecule has 0 spiro atoms.